The van der Waals surface area contributed by atoms with Gasteiger partial charge in [-0.15, -0.1) is 0 Å². The summed E-state index contributed by atoms with van der Waals surface area (Å²) in [6, 6.07) is 15.3. The Morgan fingerprint density at radius 1 is 1.10 bits per heavy atom. The standard InChI is InChI=1S/C14H13BrClNO2S/c15-10-14(11-5-2-1-3-6-11)17-20(18,19)13-8-4-7-12(16)9-13/h1-9,14,17H,10H2. The smallest absolute Gasteiger partial charge is 0.207 e. The van der Waals surface area contributed by atoms with Crippen molar-refractivity contribution < 1.29 is 8.42 Å². The summed E-state index contributed by atoms with van der Waals surface area (Å²) in [7, 11) is -3.61. The van der Waals surface area contributed by atoms with E-state index in [2.05, 4.69) is 20.7 Å². The number of hydrogen-bond acceptors (Lipinski definition) is 2. The molecular formula is C14H13BrClNO2S. The van der Waals surface area contributed by atoms with Crippen LogP contribution in [0.3, 0.4) is 0 Å². The molecule has 0 bridgehead atoms. The van der Waals surface area contributed by atoms with E-state index in [1.807, 2.05) is 30.3 Å². The molecule has 0 radical (unpaired) electrons. The third kappa shape index (κ3) is 3.82. The van der Waals surface area contributed by atoms with Crippen LogP contribution in [0, 0.1) is 0 Å². The van der Waals surface area contributed by atoms with E-state index in [9.17, 15) is 8.42 Å². The second kappa shape index (κ2) is 6.72. The van der Waals surface area contributed by atoms with Crippen LogP contribution in [-0.2, 0) is 10.0 Å². The highest BCUT2D eigenvalue weighted by atomic mass is 79.9. The van der Waals surface area contributed by atoms with Crippen LogP contribution >= 0.6 is 27.5 Å². The number of nitrogens with one attached hydrogen (secondary N) is 1. The fourth-order valence-electron chi connectivity index (χ4n) is 1.76. The maximum Gasteiger partial charge on any atom is 0.241 e. The van der Waals surface area contributed by atoms with Crippen LogP contribution in [0.25, 0.3) is 0 Å². The van der Waals surface area contributed by atoms with Gasteiger partial charge in [-0.05, 0) is 23.8 Å². The Balaban J connectivity index is 2.27. The molecule has 3 nitrogen and oxygen atoms in total. The number of hydrogen-bond donors (Lipinski definition) is 1. The first-order valence-corrected chi connectivity index (χ1v) is 8.90. The summed E-state index contributed by atoms with van der Waals surface area (Å²) in [6.45, 7) is 0. The zero-order chi connectivity index (χ0) is 14.6. The molecule has 0 aliphatic heterocycles. The Morgan fingerprint density at radius 3 is 2.40 bits per heavy atom. The first kappa shape index (κ1) is 15.5. The highest BCUT2D eigenvalue weighted by Gasteiger charge is 2.20. The molecule has 2 aromatic rings. The van der Waals surface area contributed by atoms with Crippen molar-refractivity contribution in [3.63, 3.8) is 0 Å². The van der Waals surface area contributed by atoms with Crippen molar-refractivity contribution >= 4 is 37.6 Å². The normalized spacial score (nSPS) is 13.1. The van der Waals surface area contributed by atoms with Crippen LogP contribution in [0.15, 0.2) is 59.5 Å². The highest BCUT2D eigenvalue weighted by Crippen LogP contribution is 2.20. The second-order valence-corrected chi connectivity index (χ2v) is 6.99. The van der Waals surface area contributed by atoms with Gasteiger partial charge >= 0.3 is 0 Å². The predicted molar refractivity (Wildman–Crippen MR) is 84.8 cm³/mol. The van der Waals surface area contributed by atoms with E-state index in [0.717, 1.165) is 5.56 Å². The predicted octanol–water partition coefficient (Wildman–Crippen LogP) is 3.75. The summed E-state index contributed by atoms with van der Waals surface area (Å²) < 4.78 is 27.3. The molecule has 6 heteroatoms. The van der Waals surface area contributed by atoms with Crippen LogP contribution in [0.5, 0.6) is 0 Å². The lowest BCUT2D eigenvalue weighted by atomic mass is 10.1. The summed E-state index contributed by atoms with van der Waals surface area (Å²) in [5.41, 5.74) is 0.898. The van der Waals surface area contributed by atoms with Gasteiger partial charge in [-0.1, -0.05) is 63.9 Å². The maximum absolute atomic E-state index is 12.3. The minimum Gasteiger partial charge on any atom is -0.207 e. The lowest BCUT2D eigenvalue weighted by Gasteiger charge is -2.17. The topological polar surface area (TPSA) is 46.2 Å². The van der Waals surface area contributed by atoms with E-state index in [0.29, 0.717) is 10.4 Å². The lowest BCUT2D eigenvalue weighted by molar-refractivity contribution is 0.569. The molecule has 106 valence electrons. The fourth-order valence-corrected chi connectivity index (χ4v) is 4.04. The molecule has 20 heavy (non-hydrogen) atoms. The first-order valence-electron chi connectivity index (χ1n) is 5.92. The summed E-state index contributed by atoms with van der Waals surface area (Å²) in [6.07, 6.45) is 0. The van der Waals surface area contributed by atoms with E-state index in [1.54, 1.807) is 12.1 Å². The average Bonchev–Trinajstić information content (AvgIpc) is 2.46. The van der Waals surface area contributed by atoms with Gasteiger partial charge in [-0.2, -0.15) is 0 Å². The number of benzene rings is 2. The Morgan fingerprint density at radius 2 is 1.80 bits per heavy atom. The molecule has 2 rings (SSSR count). The van der Waals surface area contributed by atoms with Crippen molar-refractivity contribution in [3.05, 3.63) is 65.2 Å². The van der Waals surface area contributed by atoms with E-state index in [4.69, 9.17) is 11.6 Å². The third-order valence-corrected chi connectivity index (χ3v) is 5.11. The molecule has 0 aliphatic rings. The van der Waals surface area contributed by atoms with E-state index in [-0.39, 0.29) is 10.9 Å². The fraction of sp³-hybridized carbons (Fsp3) is 0.143. The molecule has 0 saturated heterocycles. The van der Waals surface area contributed by atoms with Gasteiger partial charge in [-0.3, -0.25) is 0 Å². The van der Waals surface area contributed by atoms with Crippen LogP contribution in [-0.4, -0.2) is 13.7 Å². The van der Waals surface area contributed by atoms with Gasteiger partial charge in [0.25, 0.3) is 0 Å². The van der Waals surface area contributed by atoms with Crippen LogP contribution < -0.4 is 4.72 Å². The van der Waals surface area contributed by atoms with Crippen molar-refractivity contribution in [1.29, 1.82) is 0 Å². The zero-order valence-corrected chi connectivity index (χ0v) is 13.6. The van der Waals surface area contributed by atoms with Gasteiger partial charge in [0, 0.05) is 10.4 Å². The van der Waals surface area contributed by atoms with Gasteiger partial charge in [0.2, 0.25) is 10.0 Å². The number of halogens is 2. The van der Waals surface area contributed by atoms with Crippen LogP contribution in [0.2, 0.25) is 5.02 Å². The molecule has 1 unspecified atom stereocenters. The average molecular weight is 375 g/mol. The van der Waals surface area contributed by atoms with Gasteiger partial charge in [0.15, 0.2) is 0 Å². The van der Waals surface area contributed by atoms with E-state index >= 15 is 0 Å². The molecule has 0 aromatic heterocycles. The summed E-state index contributed by atoms with van der Waals surface area (Å²) in [5, 5.41) is 0.875. The molecular weight excluding hydrogens is 362 g/mol. The number of alkyl halides is 1. The Kier molecular flexibility index (Phi) is 5.21. The molecule has 0 saturated carbocycles. The zero-order valence-electron chi connectivity index (χ0n) is 10.5. The Hall–Kier alpha value is -0.880. The quantitative estimate of drug-likeness (QED) is 0.810. The van der Waals surface area contributed by atoms with Crippen LogP contribution in [0.4, 0.5) is 0 Å². The molecule has 0 aliphatic carbocycles. The molecule has 0 fully saturated rings. The number of rotatable bonds is 5. The molecule has 0 spiro atoms. The van der Waals surface area contributed by atoms with Gasteiger partial charge < -0.3 is 0 Å². The van der Waals surface area contributed by atoms with Crippen LogP contribution in [0.1, 0.15) is 11.6 Å². The lowest BCUT2D eigenvalue weighted by Crippen LogP contribution is -2.29. The highest BCUT2D eigenvalue weighted by molar-refractivity contribution is 9.09. The minimum atomic E-state index is -3.61. The van der Waals surface area contributed by atoms with E-state index < -0.39 is 10.0 Å². The minimum absolute atomic E-state index is 0.159. The largest absolute Gasteiger partial charge is 0.241 e. The van der Waals surface area contributed by atoms with Crippen molar-refractivity contribution in [2.75, 3.05) is 5.33 Å². The number of sulfonamides is 1. The third-order valence-electron chi connectivity index (χ3n) is 2.76. The first-order chi connectivity index (χ1) is 9.53. The van der Waals surface area contributed by atoms with Crippen molar-refractivity contribution in [2.45, 2.75) is 10.9 Å². The molecule has 1 atom stereocenters. The van der Waals surface area contributed by atoms with E-state index in [1.165, 1.54) is 12.1 Å². The molecule has 0 amide bonds. The monoisotopic (exact) mass is 373 g/mol. The second-order valence-electron chi connectivity index (χ2n) is 4.20. The Labute approximate surface area is 132 Å². The van der Waals surface area contributed by atoms with Gasteiger partial charge in [0.05, 0.1) is 10.9 Å². The molecule has 0 heterocycles. The van der Waals surface area contributed by atoms with Crippen molar-refractivity contribution in [2.24, 2.45) is 0 Å². The summed E-state index contributed by atoms with van der Waals surface area (Å²) >= 11 is 9.18. The SMILES string of the molecule is O=S(=O)(NC(CBr)c1ccccc1)c1cccc(Cl)c1. The van der Waals surface area contributed by atoms with Crippen molar-refractivity contribution in [3.8, 4) is 0 Å². The molecule has 2 aromatic carbocycles. The Bertz CT molecular complexity index is 677. The molecule has 1 N–H and O–H groups in total. The van der Waals surface area contributed by atoms with Gasteiger partial charge in [-0.25, -0.2) is 13.1 Å². The summed E-state index contributed by atoms with van der Waals surface area (Å²) in [5.74, 6) is 0. The maximum atomic E-state index is 12.3. The van der Waals surface area contributed by atoms with Gasteiger partial charge in [0.1, 0.15) is 0 Å². The van der Waals surface area contributed by atoms with Crippen molar-refractivity contribution in [1.82, 2.24) is 4.72 Å². The summed E-state index contributed by atoms with van der Waals surface area (Å²) in [4.78, 5) is 0.159.